The number of hydrogen-bond donors (Lipinski definition) is 2. The number of carbonyl (C=O) groups is 2. The average Bonchev–Trinajstić information content (AvgIpc) is 3.38. The topological polar surface area (TPSA) is 82.5 Å². The van der Waals surface area contributed by atoms with E-state index >= 15 is 0 Å². The Morgan fingerprint density at radius 2 is 2.10 bits per heavy atom. The fourth-order valence-corrected chi connectivity index (χ4v) is 5.06. The lowest BCUT2D eigenvalue weighted by Crippen LogP contribution is -2.30. The predicted octanol–water partition coefficient (Wildman–Crippen LogP) is 2.72. The van der Waals surface area contributed by atoms with Crippen molar-refractivity contribution in [3.05, 3.63) is 64.4 Å². The van der Waals surface area contributed by atoms with Crippen molar-refractivity contribution in [1.82, 2.24) is 15.2 Å². The van der Waals surface area contributed by atoms with E-state index in [9.17, 15) is 14.0 Å². The summed E-state index contributed by atoms with van der Waals surface area (Å²) in [4.78, 5) is 32.9. The van der Waals surface area contributed by atoms with Gasteiger partial charge in [0.25, 0.3) is 5.91 Å². The molecule has 156 valence electrons. The summed E-state index contributed by atoms with van der Waals surface area (Å²) >= 11 is 1.33. The van der Waals surface area contributed by atoms with Crippen molar-refractivity contribution >= 4 is 33.4 Å². The summed E-state index contributed by atoms with van der Waals surface area (Å²) in [6.07, 6.45) is 2.44. The summed E-state index contributed by atoms with van der Waals surface area (Å²) in [5, 5.41) is 12.7. The van der Waals surface area contributed by atoms with Crippen LogP contribution in [-0.2, 0) is 11.2 Å². The number of nitrogens with zero attached hydrogens (tertiary/aromatic N) is 2. The highest BCUT2D eigenvalue weighted by atomic mass is 32.1. The minimum absolute atomic E-state index is 0.00222. The van der Waals surface area contributed by atoms with Crippen molar-refractivity contribution in [1.29, 1.82) is 0 Å². The highest BCUT2D eigenvalue weighted by molar-refractivity contribution is 7.20. The van der Waals surface area contributed by atoms with Crippen LogP contribution in [0.5, 0.6) is 0 Å². The summed E-state index contributed by atoms with van der Waals surface area (Å²) in [7, 11) is 0. The third-order valence-electron chi connectivity index (χ3n) is 5.36. The van der Waals surface area contributed by atoms with Gasteiger partial charge in [0, 0.05) is 37.1 Å². The summed E-state index contributed by atoms with van der Waals surface area (Å²) in [5.74, 6) is -0.730. The number of fused-ring (bicyclic) bond motifs is 1. The first kappa shape index (κ1) is 20.4. The number of nitrogens with one attached hydrogen (secondary N) is 1. The molecule has 0 bridgehead atoms. The molecule has 0 saturated carbocycles. The summed E-state index contributed by atoms with van der Waals surface area (Å²) < 4.78 is 13.9. The van der Waals surface area contributed by atoms with E-state index in [2.05, 4.69) is 10.3 Å². The molecule has 3 aromatic rings. The van der Waals surface area contributed by atoms with Crippen LogP contribution in [0.4, 0.5) is 4.39 Å². The average molecular weight is 428 g/mol. The Morgan fingerprint density at radius 1 is 1.27 bits per heavy atom. The van der Waals surface area contributed by atoms with Gasteiger partial charge in [0.15, 0.2) is 0 Å². The SMILES string of the molecule is O=C(NCCO)c1sc2ncccc2c1[C@H]1CCN(C(=O)Cc2ccccc2F)C1. The number of halogens is 1. The molecule has 1 aromatic carbocycles. The first-order chi connectivity index (χ1) is 14.6. The molecule has 1 fully saturated rings. The van der Waals surface area contributed by atoms with E-state index in [-0.39, 0.29) is 43.1 Å². The molecule has 0 aliphatic carbocycles. The Morgan fingerprint density at radius 3 is 2.90 bits per heavy atom. The number of rotatable bonds is 6. The van der Waals surface area contributed by atoms with E-state index < -0.39 is 0 Å². The highest BCUT2D eigenvalue weighted by Gasteiger charge is 2.33. The van der Waals surface area contributed by atoms with Gasteiger partial charge >= 0.3 is 0 Å². The van der Waals surface area contributed by atoms with Crippen LogP contribution < -0.4 is 5.32 Å². The third-order valence-corrected chi connectivity index (χ3v) is 6.49. The Kier molecular flexibility index (Phi) is 6.06. The first-order valence-corrected chi connectivity index (χ1v) is 10.7. The van der Waals surface area contributed by atoms with Gasteiger partial charge in [0.05, 0.1) is 17.9 Å². The number of amides is 2. The van der Waals surface area contributed by atoms with Crippen molar-refractivity contribution in [2.24, 2.45) is 0 Å². The van der Waals surface area contributed by atoms with E-state index in [1.807, 2.05) is 12.1 Å². The molecule has 1 aliphatic rings. The third kappa shape index (κ3) is 4.06. The number of carbonyl (C=O) groups excluding carboxylic acids is 2. The molecule has 0 spiro atoms. The van der Waals surface area contributed by atoms with Gasteiger partial charge in [-0.25, -0.2) is 9.37 Å². The second-order valence-corrected chi connectivity index (χ2v) is 8.27. The van der Waals surface area contributed by atoms with Gasteiger partial charge in [-0.3, -0.25) is 9.59 Å². The lowest BCUT2D eigenvalue weighted by Gasteiger charge is -2.17. The normalized spacial score (nSPS) is 16.2. The van der Waals surface area contributed by atoms with E-state index in [1.165, 1.54) is 17.4 Å². The van der Waals surface area contributed by atoms with Crippen LogP contribution in [0.15, 0.2) is 42.6 Å². The summed E-state index contributed by atoms with van der Waals surface area (Å²) in [5.41, 5.74) is 1.29. The standard InChI is InChI=1S/C22H22FN3O3S/c23-17-6-2-1-4-14(17)12-18(28)26-10-7-15(13-26)19-16-5-3-8-25-22(16)30-20(19)21(29)24-9-11-27/h1-6,8,15,27H,7,9-13H2,(H,24,29)/t15-/m0/s1. The molecule has 2 N–H and O–H groups in total. The lowest BCUT2D eigenvalue weighted by atomic mass is 9.95. The molecule has 0 unspecified atom stereocenters. The monoisotopic (exact) mass is 427 g/mol. The van der Waals surface area contributed by atoms with E-state index in [1.54, 1.807) is 29.3 Å². The predicted molar refractivity (Wildman–Crippen MR) is 113 cm³/mol. The second kappa shape index (κ2) is 8.89. The lowest BCUT2D eigenvalue weighted by molar-refractivity contribution is -0.129. The molecule has 6 nitrogen and oxygen atoms in total. The van der Waals surface area contributed by atoms with Crippen molar-refractivity contribution in [3.63, 3.8) is 0 Å². The second-order valence-electron chi connectivity index (χ2n) is 7.27. The van der Waals surface area contributed by atoms with Crippen molar-refractivity contribution in [3.8, 4) is 0 Å². The van der Waals surface area contributed by atoms with Crippen molar-refractivity contribution < 1.29 is 19.1 Å². The molecule has 2 aromatic heterocycles. The van der Waals surface area contributed by atoms with Crippen LogP contribution in [-0.4, -0.2) is 53.0 Å². The number of aromatic nitrogens is 1. The largest absolute Gasteiger partial charge is 0.395 e. The molecule has 0 radical (unpaired) electrons. The van der Waals surface area contributed by atoms with E-state index in [4.69, 9.17) is 5.11 Å². The van der Waals surface area contributed by atoms with Crippen LogP contribution in [0.2, 0.25) is 0 Å². The zero-order valence-corrected chi connectivity index (χ0v) is 17.1. The smallest absolute Gasteiger partial charge is 0.261 e. The molecule has 30 heavy (non-hydrogen) atoms. The maximum atomic E-state index is 13.9. The Hall–Kier alpha value is -2.84. The van der Waals surface area contributed by atoms with Crippen LogP contribution >= 0.6 is 11.3 Å². The van der Waals surface area contributed by atoms with Crippen LogP contribution in [0.1, 0.15) is 33.1 Å². The number of likely N-dealkylation sites (tertiary alicyclic amines) is 1. The van der Waals surface area contributed by atoms with Crippen molar-refractivity contribution in [2.75, 3.05) is 26.2 Å². The molecule has 2 amide bonds. The van der Waals surface area contributed by atoms with Gasteiger partial charge in [-0.1, -0.05) is 24.3 Å². The maximum Gasteiger partial charge on any atom is 0.261 e. The molecular weight excluding hydrogens is 405 g/mol. The molecule has 4 rings (SSSR count). The fraction of sp³-hybridized carbons (Fsp3) is 0.318. The summed E-state index contributed by atoms with van der Waals surface area (Å²) in [6, 6.07) is 10.1. The van der Waals surface area contributed by atoms with E-state index in [0.29, 0.717) is 23.5 Å². The molecule has 1 aliphatic heterocycles. The van der Waals surface area contributed by atoms with Gasteiger partial charge < -0.3 is 15.3 Å². The first-order valence-electron chi connectivity index (χ1n) is 9.86. The number of benzene rings is 1. The molecule has 1 atom stereocenters. The Bertz CT molecular complexity index is 1080. The minimum atomic E-state index is -0.376. The van der Waals surface area contributed by atoms with Gasteiger partial charge in [0.2, 0.25) is 5.91 Å². The van der Waals surface area contributed by atoms with Gasteiger partial charge in [0.1, 0.15) is 10.6 Å². The quantitative estimate of drug-likeness (QED) is 0.634. The minimum Gasteiger partial charge on any atom is -0.395 e. The summed E-state index contributed by atoms with van der Waals surface area (Å²) in [6.45, 7) is 1.09. The molecular formula is C22H22FN3O3S. The zero-order valence-electron chi connectivity index (χ0n) is 16.3. The van der Waals surface area contributed by atoms with Gasteiger partial charge in [-0.2, -0.15) is 0 Å². The fourth-order valence-electron chi connectivity index (χ4n) is 3.91. The van der Waals surface area contributed by atoms with Gasteiger partial charge in [-0.05, 0) is 29.7 Å². The highest BCUT2D eigenvalue weighted by Crippen LogP contribution is 2.39. The number of hydrogen-bond acceptors (Lipinski definition) is 5. The number of aliphatic hydroxyl groups excluding tert-OH is 1. The molecule has 3 heterocycles. The van der Waals surface area contributed by atoms with Crippen LogP contribution in [0, 0.1) is 5.82 Å². The number of pyridine rings is 1. The Balaban J connectivity index is 1.57. The van der Waals surface area contributed by atoms with E-state index in [0.717, 1.165) is 22.2 Å². The van der Waals surface area contributed by atoms with Crippen molar-refractivity contribution in [2.45, 2.75) is 18.8 Å². The maximum absolute atomic E-state index is 13.9. The molecule has 1 saturated heterocycles. The Labute approximate surface area is 177 Å². The van der Waals surface area contributed by atoms with Crippen LogP contribution in [0.3, 0.4) is 0 Å². The number of thiophene rings is 1. The zero-order chi connectivity index (χ0) is 21.1. The molecule has 8 heteroatoms. The van der Waals surface area contributed by atoms with Gasteiger partial charge in [-0.15, -0.1) is 11.3 Å². The number of aliphatic hydroxyl groups is 1. The van der Waals surface area contributed by atoms with Crippen LogP contribution in [0.25, 0.3) is 10.2 Å².